The maximum absolute atomic E-state index is 6.17. The lowest BCUT2D eigenvalue weighted by Crippen LogP contribution is -2.18. The molecule has 1 aromatic rings. The van der Waals surface area contributed by atoms with Crippen molar-refractivity contribution in [2.75, 3.05) is 7.11 Å². The molecule has 2 N–H and O–H groups in total. The van der Waals surface area contributed by atoms with E-state index in [4.69, 9.17) is 10.5 Å². The molecule has 0 aliphatic rings. The van der Waals surface area contributed by atoms with Crippen molar-refractivity contribution in [3.63, 3.8) is 0 Å². The first-order chi connectivity index (χ1) is 7.10. The van der Waals surface area contributed by atoms with Gasteiger partial charge in [0.2, 0.25) is 0 Å². The summed E-state index contributed by atoms with van der Waals surface area (Å²) in [6.07, 6.45) is 1.09. The predicted molar refractivity (Wildman–Crippen MR) is 71.4 cm³/mol. The quantitative estimate of drug-likeness (QED) is 0.879. The van der Waals surface area contributed by atoms with Gasteiger partial charge in [0.05, 0.1) is 7.11 Å². The minimum absolute atomic E-state index is 0. The molecule has 0 spiro atoms. The topological polar surface area (TPSA) is 35.2 Å². The van der Waals surface area contributed by atoms with Crippen molar-refractivity contribution in [3.8, 4) is 5.75 Å². The Labute approximate surface area is 105 Å². The van der Waals surface area contributed by atoms with Crippen LogP contribution in [0.1, 0.15) is 37.4 Å². The van der Waals surface area contributed by atoms with E-state index in [-0.39, 0.29) is 18.4 Å². The molecule has 1 unspecified atom stereocenters. The molecule has 92 valence electrons. The summed E-state index contributed by atoms with van der Waals surface area (Å²) in [4.78, 5) is 0. The third-order valence-corrected chi connectivity index (χ3v) is 3.07. The predicted octanol–water partition coefficient (Wildman–Crippen LogP) is 3.47. The molecule has 0 fully saturated rings. The van der Waals surface area contributed by atoms with Crippen LogP contribution in [0.25, 0.3) is 0 Å². The van der Waals surface area contributed by atoms with Gasteiger partial charge in [-0.25, -0.2) is 0 Å². The van der Waals surface area contributed by atoms with Gasteiger partial charge < -0.3 is 10.5 Å². The highest BCUT2D eigenvalue weighted by molar-refractivity contribution is 5.85. The highest BCUT2D eigenvalue weighted by Crippen LogP contribution is 2.26. The molecule has 0 aliphatic heterocycles. The van der Waals surface area contributed by atoms with Crippen molar-refractivity contribution in [1.29, 1.82) is 0 Å². The van der Waals surface area contributed by atoms with E-state index < -0.39 is 0 Å². The Morgan fingerprint density at radius 3 is 2.50 bits per heavy atom. The number of nitrogens with two attached hydrogens (primary N) is 1. The number of ether oxygens (including phenoxy) is 1. The number of hydrogen-bond donors (Lipinski definition) is 1. The van der Waals surface area contributed by atoms with Gasteiger partial charge in [0.15, 0.2) is 0 Å². The highest BCUT2D eigenvalue weighted by Gasteiger charge is 2.14. The number of aryl methyl sites for hydroxylation is 1. The maximum atomic E-state index is 6.17. The average molecular weight is 244 g/mol. The first kappa shape index (κ1) is 15.3. The Balaban J connectivity index is 0.00000225. The van der Waals surface area contributed by atoms with Gasteiger partial charge in [0, 0.05) is 6.04 Å². The SMILES string of the molecule is CCC(C)[C@H](N)c1ccc(C)c(OC)c1.Cl. The van der Waals surface area contributed by atoms with Crippen LogP contribution in [0.2, 0.25) is 0 Å². The number of benzene rings is 1. The van der Waals surface area contributed by atoms with E-state index in [0.29, 0.717) is 5.92 Å². The van der Waals surface area contributed by atoms with Crippen LogP contribution >= 0.6 is 12.4 Å². The van der Waals surface area contributed by atoms with Crippen LogP contribution in [0.3, 0.4) is 0 Å². The number of methoxy groups -OCH3 is 1. The van der Waals surface area contributed by atoms with Gasteiger partial charge in [0.25, 0.3) is 0 Å². The van der Waals surface area contributed by atoms with Crippen LogP contribution in [0.5, 0.6) is 5.75 Å². The number of rotatable bonds is 4. The normalized spacial score (nSPS) is 13.8. The largest absolute Gasteiger partial charge is 0.496 e. The Bertz CT molecular complexity index is 328. The first-order valence-electron chi connectivity index (χ1n) is 5.50. The summed E-state index contributed by atoms with van der Waals surface area (Å²) in [5.74, 6) is 1.42. The van der Waals surface area contributed by atoms with Gasteiger partial charge in [0.1, 0.15) is 5.75 Å². The van der Waals surface area contributed by atoms with Crippen molar-refractivity contribution < 1.29 is 4.74 Å². The molecule has 0 saturated heterocycles. The standard InChI is InChI=1S/C13H21NO.ClH/c1-5-9(2)13(14)11-7-6-10(3)12(8-11)15-4;/h6-9,13H,5,14H2,1-4H3;1H/t9?,13-;/m0./s1. The molecule has 0 aliphatic carbocycles. The zero-order chi connectivity index (χ0) is 11.4. The van der Waals surface area contributed by atoms with E-state index in [9.17, 15) is 0 Å². The van der Waals surface area contributed by atoms with Gasteiger partial charge in [-0.1, -0.05) is 32.4 Å². The van der Waals surface area contributed by atoms with Crippen LogP contribution in [-0.4, -0.2) is 7.11 Å². The smallest absolute Gasteiger partial charge is 0.122 e. The van der Waals surface area contributed by atoms with Crippen LogP contribution < -0.4 is 10.5 Å². The van der Waals surface area contributed by atoms with Gasteiger partial charge in [-0.2, -0.15) is 0 Å². The molecule has 1 aromatic carbocycles. The Kier molecular flexibility index (Phi) is 6.46. The van der Waals surface area contributed by atoms with Crippen molar-refractivity contribution in [1.82, 2.24) is 0 Å². The fraction of sp³-hybridized carbons (Fsp3) is 0.538. The Hall–Kier alpha value is -0.730. The second-order valence-corrected chi connectivity index (χ2v) is 4.14. The molecular weight excluding hydrogens is 222 g/mol. The molecule has 2 nitrogen and oxygen atoms in total. The molecule has 16 heavy (non-hydrogen) atoms. The van der Waals surface area contributed by atoms with Gasteiger partial charge in [-0.05, 0) is 30.0 Å². The van der Waals surface area contributed by atoms with E-state index in [1.165, 1.54) is 0 Å². The van der Waals surface area contributed by atoms with Gasteiger partial charge in [-0.15, -0.1) is 12.4 Å². The van der Waals surface area contributed by atoms with E-state index in [0.717, 1.165) is 23.3 Å². The van der Waals surface area contributed by atoms with E-state index >= 15 is 0 Å². The minimum Gasteiger partial charge on any atom is -0.496 e. The summed E-state index contributed by atoms with van der Waals surface area (Å²) >= 11 is 0. The van der Waals surface area contributed by atoms with Crippen molar-refractivity contribution in [2.24, 2.45) is 11.7 Å². The first-order valence-corrected chi connectivity index (χ1v) is 5.50. The fourth-order valence-electron chi connectivity index (χ4n) is 1.63. The van der Waals surface area contributed by atoms with Crippen LogP contribution in [0.4, 0.5) is 0 Å². The summed E-state index contributed by atoms with van der Waals surface area (Å²) < 4.78 is 5.29. The molecular formula is C13H22ClNO. The summed E-state index contributed by atoms with van der Waals surface area (Å²) in [6, 6.07) is 6.31. The van der Waals surface area contributed by atoms with Crippen molar-refractivity contribution >= 4 is 12.4 Å². The van der Waals surface area contributed by atoms with E-state index in [1.807, 2.05) is 13.0 Å². The van der Waals surface area contributed by atoms with Crippen LogP contribution in [-0.2, 0) is 0 Å². The second kappa shape index (κ2) is 6.77. The fourth-order valence-corrected chi connectivity index (χ4v) is 1.63. The molecule has 0 radical (unpaired) electrons. The Morgan fingerprint density at radius 2 is 2.00 bits per heavy atom. The van der Waals surface area contributed by atoms with E-state index in [1.54, 1.807) is 7.11 Å². The van der Waals surface area contributed by atoms with Crippen molar-refractivity contribution in [3.05, 3.63) is 29.3 Å². The lowest BCUT2D eigenvalue weighted by Gasteiger charge is -2.19. The molecule has 0 bridgehead atoms. The summed E-state index contributed by atoms with van der Waals surface area (Å²) in [6.45, 7) is 6.38. The molecule has 3 heteroatoms. The third kappa shape index (κ3) is 3.39. The van der Waals surface area contributed by atoms with Crippen molar-refractivity contribution in [2.45, 2.75) is 33.2 Å². The highest BCUT2D eigenvalue weighted by atomic mass is 35.5. The molecule has 0 saturated carbocycles. The monoisotopic (exact) mass is 243 g/mol. The van der Waals surface area contributed by atoms with Crippen LogP contribution in [0.15, 0.2) is 18.2 Å². The zero-order valence-corrected chi connectivity index (χ0v) is 11.3. The molecule has 0 heterocycles. The summed E-state index contributed by atoms with van der Waals surface area (Å²) in [7, 11) is 1.70. The van der Waals surface area contributed by atoms with Crippen LogP contribution in [0, 0.1) is 12.8 Å². The summed E-state index contributed by atoms with van der Waals surface area (Å²) in [5.41, 5.74) is 8.48. The van der Waals surface area contributed by atoms with Gasteiger partial charge in [-0.3, -0.25) is 0 Å². The molecule has 0 aromatic heterocycles. The molecule has 2 atom stereocenters. The molecule has 1 rings (SSSR count). The lowest BCUT2D eigenvalue weighted by molar-refractivity contribution is 0.407. The second-order valence-electron chi connectivity index (χ2n) is 4.14. The van der Waals surface area contributed by atoms with Gasteiger partial charge >= 0.3 is 0 Å². The lowest BCUT2D eigenvalue weighted by atomic mass is 9.92. The minimum atomic E-state index is 0. The molecule has 0 amide bonds. The number of hydrogen-bond acceptors (Lipinski definition) is 2. The van der Waals surface area contributed by atoms with E-state index in [2.05, 4.69) is 26.0 Å². The Morgan fingerprint density at radius 1 is 1.38 bits per heavy atom. The maximum Gasteiger partial charge on any atom is 0.122 e. The average Bonchev–Trinajstić information content (AvgIpc) is 2.27. The number of halogens is 1. The summed E-state index contributed by atoms with van der Waals surface area (Å²) in [5, 5.41) is 0. The zero-order valence-electron chi connectivity index (χ0n) is 10.5. The third-order valence-electron chi connectivity index (χ3n) is 3.07.